The van der Waals surface area contributed by atoms with Crippen molar-refractivity contribution in [1.82, 2.24) is 0 Å². The van der Waals surface area contributed by atoms with Crippen molar-refractivity contribution in [3.8, 4) is 0 Å². The Bertz CT molecular complexity index is 276. The molecule has 0 radical (unpaired) electrons. The number of nitrogens with two attached hydrogens (primary N) is 1. The highest BCUT2D eigenvalue weighted by Gasteiger charge is 2.03. The fourth-order valence-corrected chi connectivity index (χ4v) is 1.82. The van der Waals surface area contributed by atoms with Crippen LogP contribution >= 0.6 is 12.0 Å². The van der Waals surface area contributed by atoms with Gasteiger partial charge in [-0.1, -0.05) is 17.7 Å². The van der Waals surface area contributed by atoms with E-state index in [-0.39, 0.29) is 0 Å². The monoisotopic (exact) mass is 211 g/mol. The zero-order valence-electron chi connectivity index (χ0n) is 8.96. The first kappa shape index (κ1) is 13.2. The molecular formula is C11H17NOS. The van der Waals surface area contributed by atoms with Crippen LogP contribution in [-0.4, -0.2) is 0 Å². The van der Waals surface area contributed by atoms with Crippen molar-refractivity contribution in [2.24, 2.45) is 5.90 Å². The topological polar surface area (TPSA) is 35.2 Å². The molecule has 0 bridgehead atoms. The highest BCUT2D eigenvalue weighted by Crippen LogP contribution is 2.26. The molecule has 78 valence electrons. The summed E-state index contributed by atoms with van der Waals surface area (Å²) in [7, 11) is 0. The van der Waals surface area contributed by atoms with Crippen LogP contribution < -0.4 is 5.90 Å². The van der Waals surface area contributed by atoms with Gasteiger partial charge >= 0.3 is 0 Å². The number of benzene rings is 1. The van der Waals surface area contributed by atoms with Crippen molar-refractivity contribution in [2.45, 2.75) is 25.7 Å². The summed E-state index contributed by atoms with van der Waals surface area (Å²) in [6.07, 6.45) is 0. The molecule has 0 saturated heterocycles. The van der Waals surface area contributed by atoms with E-state index in [0.717, 1.165) is 4.90 Å². The first-order valence-corrected chi connectivity index (χ1v) is 5.00. The number of hydrogen-bond donors (Lipinski definition) is 1. The Kier molecular flexibility index (Phi) is 6.28. The largest absolute Gasteiger partial charge is 0.229 e. The molecule has 0 unspecified atom stereocenters. The third-order valence-electron chi connectivity index (χ3n) is 1.74. The van der Waals surface area contributed by atoms with Crippen molar-refractivity contribution in [1.29, 1.82) is 0 Å². The summed E-state index contributed by atoms with van der Waals surface area (Å²) in [6.45, 7) is 12.2. The molecule has 1 aromatic rings. The molecule has 0 fully saturated rings. The van der Waals surface area contributed by atoms with Crippen molar-refractivity contribution in [2.75, 3.05) is 0 Å². The maximum Gasteiger partial charge on any atom is 0.0527 e. The molecule has 0 atom stereocenters. The minimum atomic E-state index is 1.11. The van der Waals surface area contributed by atoms with Gasteiger partial charge in [0.2, 0.25) is 0 Å². The van der Waals surface area contributed by atoms with Gasteiger partial charge in [0.15, 0.2) is 0 Å². The number of aryl methyl sites for hydroxylation is 3. The first-order chi connectivity index (χ1) is 6.65. The normalized spacial score (nSPS) is 9.14. The quantitative estimate of drug-likeness (QED) is 0.463. The van der Waals surface area contributed by atoms with E-state index in [1.54, 1.807) is 0 Å². The van der Waals surface area contributed by atoms with Crippen molar-refractivity contribution < 1.29 is 4.28 Å². The predicted octanol–water partition coefficient (Wildman–Crippen LogP) is 3.31. The second kappa shape index (κ2) is 6.65. The lowest BCUT2D eigenvalue weighted by atomic mass is 10.1. The first-order valence-electron chi connectivity index (χ1n) is 4.26. The molecule has 0 aliphatic heterocycles. The molecule has 1 aromatic carbocycles. The molecule has 0 aliphatic rings. The maximum atomic E-state index is 5.00. The van der Waals surface area contributed by atoms with Crippen LogP contribution in [0.15, 0.2) is 30.2 Å². The van der Waals surface area contributed by atoms with Crippen molar-refractivity contribution >= 4 is 12.0 Å². The second-order valence-corrected chi connectivity index (χ2v) is 3.67. The van der Waals surface area contributed by atoms with Gasteiger partial charge in [0.05, 0.1) is 12.0 Å². The summed E-state index contributed by atoms with van der Waals surface area (Å²) in [5.74, 6) is 5.00. The summed E-state index contributed by atoms with van der Waals surface area (Å²) in [5, 5.41) is 0. The van der Waals surface area contributed by atoms with Crippen LogP contribution in [0.4, 0.5) is 0 Å². The standard InChI is InChI=1S/C9H13NOS.C2H4/c1-6-4-7(2)9(12-11-10)8(3)5-6;1-2/h4-5H,10H2,1-3H3;1-2H2. The molecule has 2 nitrogen and oxygen atoms in total. The molecular weight excluding hydrogens is 194 g/mol. The van der Waals surface area contributed by atoms with Crippen LogP contribution in [0.1, 0.15) is 16.7 Å². The third kappa shape index (κ3) is 3.54. The third-order valence-corrected chi connectivity index (χ3v) is 2.64. The molecule has 0 spiro atoms. The molecule has 0 aliphatic carbocycles. The number of hydrogen-bond acceptors (Lipinski definition) is 3. The molecule has 3 heteroatoms. The van der Waals surface area contributed by atoms with E-state index in [2.05, 4.69) is 50.3 Å². The zero-order chi connectivity index (χ0) is 11.1. The zero-order valence-corrected chi connectivity index (χ0v) is 9.78. The second-order valence-electron chi connectivity index (χ2n) is 2.91. The Morgan fingerprint density at radius 1 is 1.14 bits per heavy atom. The summed E-state index contributed by atoms with van der Waals surface area (Å²) in [5.41, 5.74) is 3.69. The van der Waals surface area contributed by atoms with E-state index < -0.39 is 0 Å². The fourth-order valence-electron chi connectivity index (χ4n) is 1.35. The molecule has 2 N–H and O–H groups in total. The van der Waals surface area contributed by atoms with Gasteiger partial charge in [0.25, 0.3) is 0 Å². The van der Waals surface area contributed by atoms with Gasteiger partial charge in [0, 0.05) is 4.90 Å². The van der Waals surface area contributed by atoms with E-state index >= 15 is 0 Å². The molecule has 14 heavy (non-hydrogen) atoms. The van der Waals surface area contributed by atoms with Crippen molar-refractivity contribution in [3.63, 3.8) is 0 Å². The average molecular weight is 211 g/mol. The Balaban J connectivity index is 0.000000791. The molecule has 0 aromatic heterocycles. The van der Waals surface area contributed by atoms with Gasteiger partial charge in [-0.05, 0) is 31.9 Å². The highest BCUT2D eigenvalue weighted by atomic mass is 32.2. The van der Waals surface area contributed by atoms with E-state index in [1.165, 1.54) is 28.7 Å². The van der Waals surface area contributed by atoms with E-state index in [9.17, 15) is 0 Å². The van der Waals surface area contributed by atoms with Crippen LogP contribution in [0.2, 0.25) is 0 Å². The van der Waals surface area contributed by atoms with Crippen LogP contribution in [0.3, 0.4) is 0 Å². The van der Waals surface area contributed by atoms with Crippen LogP contribution in [0.25, 0.3) is 0 Å². The van der Waals surface area contributed by atoms with Gasteiger partial charge in [0.1, 0.15) is 0 Å². The summed E-state index contributed by atoms with van der Waals surface area (Å²) >= 11 is 1.21. The molecule has 0 heterocycles. The summed E-state index contributed by atoms with van der Waals surface area (Å²) in [4.78, 5) is 1.11. The molecule has 0 amide bonds. The maximum absolute atomic E-state index is 5.00. The van der Waals surface area contributed by atoms with Gasteiger partial charge < -0.3 is 0 Å². The lowest BCUT2D eigenvalue weighted by Gasteiger charge is -2.07. The average Bonchev–Trinajstić information content (AvgIpc) is 2.14. The van der Waals surface area contributed by atoms with E-state index in [4.69, 9.17) is 5.90 Å². The van der Waals surface area contributed by atoms with E-state index in [0.29, 0.717) is 0 Å². The SMILES string of the molecule is C=C.Cc1cc(C)c(SON)c(C)c1. The fraction of sp³-hybridized carbons (Fsp3) is 0.273. The minimum absolute atomic E-state index is 1.11. The Morgan fingerprint density at radius 2 is 1.57 bits per heavy atom. The van der Waals surface area contributed by atoms with Crippen LogP contribution in [0, 0.1) is 20.8 Å². The Morgan fingerprint density at radius 3 is 1.93 bits per heavy atom. The van der Waals surface area contributed by atoms with Gasteiger partial charge in [-0.25, -0.2) is 10.2 Å². The van der Waals surface area contributed by atoms with Crippen LogP contribution in [0.5, 0.6) is 0 Å². The lowest BCUT2D eigenvalue weighted by molar-refractivity contribution is 0.398. The number of rotatable bonds is 2. The Labute approximate surface area is 90.3 Å². The van der Waals surface area contributed by atoms with Gasteiger partial charge in [-0.15, -0.1) is 13.2 Å². The highest BCUT2D eigenvalue weighted by molar-refractivity contribution is 7.94. The van der Waals surface area contributed by atoms with Crippen LogP contribution in [-0.2, 0) is 4.28 Å². The predicted molar refractivity (Wildman–Crippen MR) is 63.0 cm³/mol. The molecule has 1 rings (SSSR count). The Hall–Kier alpha value is -0.770. The van der Waals surface area contributed by atoms with E-state index in [1.807, 2.05) is 0 Å². The lowest BCUT2D eigenvalue weighted by Crippen LogP contribution is -1.92. The summed E-state index contributed by atoms with van der Waals surface area (Å²) in [6, 6.07) is 4.24. The molecule has 0 saturated carbocycles. The van der Waals surface area contributed by atoms with Gasteiger partial charge in [-0.2, -0.15) is 0 Å². The summed E-state index contributed by atoms with van der Waals surface area (Å²) < 4.78 is 4.55. The smallest absolute Gasteiger partial charge is 0.0527 e. The minimum Gasteiger partial charge on any atom is -0.229 e. The van der Waals surface area contributed by atoms with Gasteiger partial charge in [-0.3, -0.25) is 0 Å². The van der Waals surface area contributed by atoms with Crippen molar-refractivity contribution in [3.05, 3.63) is 42.0 Å².